The molecule has 0 aromatic heterocycles. The van der Waals surface area contributed by atoms with Gasteiger partial charge in [0.05, 0.1) is 0 Å². The number of hydrogen-bond acceptors (Lipinski definition) is 4. The fourth-order valence-electron chi connectivity index (χ4n) is 4.36. The van der Waals surface area contributed by atoms with Gasteiger partial charge < -0.3 is 14.7 Å². The minimum absolute atomic E-state index is 0. The Morgan fingerprint density at radius 1 is 0.788 bits per heavy atom. The Morgan fingerprint density at radius 2 is 1.24 bits per heavy atom. The highest BCUT2D eigenvalue weighted by Gasteiger charge is 2.43. The number of aliphatic hydroxyl groups is 1. The third-order valence-electron chi connectivity index (χ3n) is 6.19. The predicted molar refractivity (Wildman–Crippen MR) is 137 cm³/mol. The summed E-state index contributed by atoms with van der Waals surface area (Å²) >= 11 is 0. The molecule has 0 amide bonds. The largest absolute Gasteiger partial charge is 0.462 e. The standard InChI is InChI=1S/C28H29NO3.ClH/c1-3-29(4-2)19-20-32-27(30)28(31,25-17-9-13-21-11-5-7-15-23(21)25)26-18-10-14-22-12-6-8-16-24(22)26;/h5-18,31H,3-4,19-20H2,1-2H3;1H. The summed E-state index contributed by atoms with van der Waals surface area (Å²) in [7, 11) is 0. The van der Waals surface area contributed by atoms with E-state index in [1.807, 2.05) is 84.9 Å². The summed E-state index contributed by atoms with van der Waals surface area (Å²) in [6.45, 7) is 6.76. The highest BCUT2D eigenvalue weighted by molar-refractivity contribution is 5.99. The summed E-state index contributed by atoms with van der Waals surface area (Å²) < 4.78 is 5.72. The van der Waals surface area contributed by atoms with Crippen LogP contribution in [0.1, 0.15) is 25.0 Å². The first-order valence-corrected chi connectivity index (χ1v) is 11.2. The molecule has 0 bridgehead atoms. The quantitative estimate of drug-likeness (QED) is 0.349. The van der Waals surface area contributed by atoms with Gasteiger partial charge in [-0.2, -0.15) is 0 Å². The van der Waals surface area contributed by atoms with Crippen LogP contribution in [0.4, 0.5) is 0 Å². The molecule has 4 nitrogen and oxygen atoms in total. The second-order valence-electron chi connectivity index (χ2n) is 7.93. The number of rotatable bonds is 8. The van der Waals surface area contributed by atoms with Crippen molar-refractivity contribution in [3.63, 3.8) is 0 Å². The van der Waals surface area contributed by atoms with E-state index in [1.54, 1.807) is 0 Å². The number of benzene rings is 4. The van der Waals surface area contributed by atoms with Crippen LogP contribution in [0.3, 0.4) is 0 Å². The molecular weight excluding hydrogens is 434 g/mol. The fourth-order valence-corrected chi connectivity index (χ4v) is 4.36. The molecule has 0 fully saturated rings. The second-order valence-corrected chi connectivity index (χ2v) is 7.93. The Hall–Kier alpha value is -2.92. The third kappa shape index (κ3) is 4.74. The number of hydrogen-bond donors (Lipinski definition) is 1. The summed E-state index contributed by atoms with van der Waals surface area (Å²) in [4.78, 5) is 15.8. The average Bonchev–Trinajstić information content (AvgIpc) is 2.85. The number of carbonyl (C=O) groups excluding carboxylic acids is 1. The minimum atomic E-state index is -1.94. The number of halogens is 1. The van der Waals surface area contributed by atoms with E-state index in [0.29, 0.717) is 17.7 Å². The van der Waals surface area contributed by atoms with E-state index in [1.165, 1.54) is 0 Å². The summed E-state index contributed by atoms with van der Waals surface area (Å²) in [6, 6.07) is 26.9. The van der Waals surface area contributed by atoms with Crippen LogP contribution in [-0.2, 0) is 15.1 Å². The molecule has 0 aliphatic carbocycles. The maximum atomic E-state index is 13.6. The molecule has 4 aromatic rings. The highest BCUT2D eigenvalue weighted by Crippen LogP contribution is 2.39. The highest BCUT2D eigenvalue weighted by atomic mass is 35.5. The summed E-state index contributed by atoms with van der Waals surface area (Å²) in [5.74, 6) is -0.655. The Labute approximate surface area is 201 Å². The number of nitrogens with zero attached hydrogens (tertiary/aromatic N) is 1. The maximum Gasteiger partial charge on any atom is 0.347 e. The average molecular weight is 464 g/mol. The molecular formula is C28H30ClNO3. The molecule has 0 unspecified atom stereocenters. The van der Waals surface area contributed by atoms with Crippen molar-refractivity contribution in [1.29, 1.82) is 0 Å². The van der Waals surface area contributed by atoms with E-state index in [9.17, 15) is 9.90 Å². The van der Waals surface area contributed by atoms with Crippen molar-refractivity contribution in [1.82, 2.24) is 4.90 Å². The number of likely N-dealkylation sites (N-methyl/N-ethyl adjacent to an activating group) is 1. The maximum absolute atomic E-state index is 13.6. The van der Waals surface area contributed by atoms with Crippen LogP contribution in [-0.4, -0.2) is 42.2 Å². The van der Waals surface area contributed by atoms with Crippen LogP contribution >= 0.6 is 12.4 Å². The van der Waals surface area contributed by atoms with E-state index in [0.717, 1.165) is 34.6 Å². The molecule has 0 radical (unpaired) electrons. The number of esters is 1. The van der Waals surface area contributed by atoms with Gasteiger partial charge in [0, 0.05) is 17.7 Å². The van der Waals surface area contributed by atoms with Crippen LogP contribution in [0.5, 0.6) is 0 Å². The van der Waals surface area contributed by atoms with Crippen LogP contribution in [0.2, 0.25) is 0 Å². The molecule has 5 heteroatoms. The first-order valence-electron chi connectivity index (χ1n) is 11.2. The lowest BCUT2D eigenvalue weighted by atomic mass is 9.81. The minimum Gasteiger partial charge on any atom is -0.462 e. The van der Waals surface area contributed by atoms with Crippen molar-refractivity contribution in [2.45, 2.75) is 19.4 Å². The molecule has 4 rings (SSSR count). The normalized spacial score (nSPS) is 11.5. The fraction of sp³-hybridized carbons (Fsp3) is 0.250. The molecule has 0 aliphatic rings. The second kappa shape index (κ2) is 10.8. The summed E-state index contributed by atoms with van der Waals surface area (Å²) in [5.41, 5.74) is -0.884. The topological polar surface area (TPSA) is 49.8 Å². The lowest BCUT2D eigenvalue weighted by Gasteiger charge is -2.30. The van der Waals surface area contributed by atoms with E-state index in [2.05, 4.69) is 18.7 Å². The Kier molecular flexibility index (Phi) is 8.09. The first-order chi connectivity index (χ1) is 15.6. The summed E-state index contributed by atoms with van der Waals surface area (Å²) in [5, 5.41) is 15.8. The van der Waals surface area contributed by atoms with Crippen molar-refractivity contribution in [3.05, 3.63) is 96.1 Å². The van der Waals surface area contributed by atoms with Crippen LogP contribution in [0.15, 0.2) is 84.9 Å². The smallest absolute Gasteiger partial charge is 0.347 e. The van der Waals surface area contributed by atoms with Gasteiger partial charge >= 0.3 is 5.97 Å². The van der Waals surface area contributed by atoms with Crippen molar-refractivity contribution in [2.75, 3.05) is 26.2 Å². The van der Waals surface area contributed by atoms with Crippen molar-refractivity contribution in [2.24, 2.45) is 0 Å². The zero-order valence-electron chi connectivity index (χ0n) is 19.0. The van der Waals surface area contributed by atoms with E-state index in [-0.39, 0.29) is 19.0 Å². The molecule has 1 N–H and O–H groups in total. The van der Waals surface area contributed by atoms with Gasteiger partial charge in [-0.05, 0) is 34.6 Å². The van der Waals surface area contributed by atoms with Gasteiger partial charge in [-0.1, -0.05) is 98.8 Å². The van der Waals surface area contributed by atoms with E-state index < -0.39 is 11.6 Å². The number of ether oxygens (including phenoxy) is 1. The Balaban J connectivity index is 0.00000306. The van der Waals surface area contributed by atoms with Gasteiger partial charge in [0.15, 0.2) is 0 Å². The third-order valence-corrected chi connectivity index (χ3v) is 6.19. The van der Waals surface area contributed by atoms with Crippen molar-refractivity contribution < 1.29 is 14.6 Å². The van der Waals surface area contributed by atoms with Gasteiger partial charge in [0.1, 0.15) is 6.61 Å². The van der Waals surface area contributed by atoms with E-state index >= 15 is 0 Å². The lowest BCUT2D eigenvalue weighted by Crippen LogP contribution is -2.40. The molecule has 0 aliphatic heterocycles. The number of fused-ring (bicyclic) bond motifs is 2. The SMILES string of the molecule is CCN(CC)CCOC(=O)C(O)(c1cccc2ccccc12)c1cccc2ccccc12.Cl. The molecule has 33 heavy (non-hydrogen) atoms. The Bertz CT molecular complexity index is 1150. The lowest BCUT2D eigenvalue weighted by molar-refractivity contribution is -0.162. The van der Waals surface area contributed by atoms with E-state index in [4.69, 9.17) is 4.74 Å². The first kappa shape index (κ1) is 24.7. The van der Waals surface area contributed by atoms with Gasteiger partial charge in [0.2, 0.25) is 5.60 Å². The van der Waals surface area contributed by atoms with Gasteiger partial charge in [-0.15, -0.1) is 12.4 Å². The molecule has 0 spiro atoms. The van der Waals surface area contributed by atoms with Crippen LogP contribution in [0, 0.1) is 0 Å². The zero-order chi connectivity index (χ0) is 22.6. The van der Waals surface area contributed by atoms with Crippen molar-refractivity contribution >= 4 is 39.9 Å². The number of carbonyl (C=O) groups is 1. The van der Waals surface area contributed by atoms with Crippen molar-refractivity contribution in [3.8, 4) is 0 Å². The molecule has 0 atom stereocenters. The van der Waals surface area contributed by atoms with Crippen LogP contribution < -0.4 is 0 Å². The van der Waals surface area contributed by atoms with Crippen LogP contribution in [0.25, 0.3) is 21.5 Å². The monoisotopic (exact) mass is 463 g/mol. The Morgan fingerprint density at radius 3 is 1.73 bits per heavy atom. The van der Waals surface area contributed by atoms with Gasteiger partial charge in [-0.25, -0.2) is 4.79 Å². The molecule has 4 aromatic carbocycles. The van der Waals surface area contributed by atoms with Gasteiger partial charge in [-0.3, -0.25) is 0 Å². The molecule has 0 heterocycles. The predicted octanol–water partition coefficient (Wildman–Crippen LogP) is 5.54. The van der Waals surface area contributed by atoms with Gasteiger partial charge in [0.25, 0.3) is 0 Å². The summed E-state index contributed by atoms with van der Waals surface area (Å²) in [6.07, 6.45) is 0. The molecule has 172 valence electrons. The molecule has 0 saturated carbocycles. The molecule has 0 saturated heterocycles. The zero-order valence-corrected chi connectivity index (χ0v) is 19.8.